The van der Waals surface area contributed by atoms with Crippen molar-refractivity contribution < 1.29 is 32.3 Å². The zero-order chi connectivity index (χ0) is 29.3. The number of carbonyl (C=O) groups is 2. The zero-order valence-corrected chi connectivity index (χ0v) is 25.5. The Morgan fingerprint density at radius 3 is 2.41 bits per heavy atom. The Morgan fingerprint density at radius 2 is 1.79 bits per heavy atom. The Morgan fingerprint density at radius 1 is 1.13 bits per heavy atom. The first kappa shape index (κ1) is 32.9. The number of para-hydroxylation sites is 1. The molecule has 8 heteroatoms. The molecule has 1 aliphatic carbocycles. The summed E-state index contributed by atoms with van der Waals surface area (Å²) in [6.45, 7) is 13.4. The molecule has 1 unspecified atom stereocenters. The molecule has 3 atom stereocenters. The van der Waals surface area contributed by atoms with E-state index in [-0.39, 0.29) is 29.3 Å². The molecule has 0 saturated heterocycles. The Balaban J connectivity index is 2.10. The Hall–Kier alpha value is -2.32. The maximum absolute atomic E-state index is 14.8. The van der Waals surface area contributed by atoms with Crippen LogP contribution in [-0.4, -0.2) is 44.8 Å². The predicted octanol–water partition coefficient (Wildman–Crippen LogP) is 7.92. The summed E-state index contributed by atoms with van der Waals surface area (Å²) in [6.07, 6.45) is 7.94. The van der Waals surface area contributed by atoms with Gasteiger partial charge in [-0.05, 0) is 69.5 Å². The molecule has 5 nitrogen and oxygen atoms in total. The summed E-state index contributed by atoms with van der Waals surface area (Å²) in [5, 5.41) is -0.0769. The molecule has 0 amide bonds. The number of hydrogen-bond donors (Lipinski definition) is 0. The first-order chi connectivity index (χ1) is 18.1. The number of Topliss-reactive ketones (excluding diaryl/α,β-unsaturated/α-hetero) is 1. The van der Waals surface area contributed by atoms with Crippen molar-refractivity contribution in [3.63, 3.8) is 0 Å². The van der Waals surface area contributed by atoms with Crippen LogP contribution < -0.4 is 4.74 Å². The van der Waals surface area contributed by atoms with Crippen LogP contribution in [0.1, 0.15) is 66.7 Å². The van der Waals surface area contributed by atoms with E-state index in [0.717, 1.165) is 6.08 Å². The molecule has 0 heterocycles. The van der Waals surface area contributed by atoms with Gasteiger partial charge in [-0.2, -0.15) is 8.78 Å². The van der Waals surface area contributed by atoms with Crippen LogP contribution in [0.3, 0.4) is 0 Å². The van der Waals surface area contributed by atoms with Gasteiger partial charge in [0, 0.05) is 24.7 Å². The summed E-state index contributed by atoms with van der Waals surface area (Å²) < 4.78 is 46.6. The fourth-order valence-corrected chi connectivity index (χ4v) is 5.58. The van der Waals surface area contributed by atoms with Crippen LogP contribution >= 0.6 is 0 Å². The van der Waals surface area contributed by atoms with Gasteiger partial charge >= 0.3 is 5.97 Å². The minimum atomic E-state index is -3.20. The van der Waals surface area contributed by atoms with Gasteiger partial charge in [-0.1, -0.05) is 57.2 Å². The SMILES string of the molecule is CC(C)OC(=O)CCC/C=C\C[C@H]1C(=O)CC(O[Si](C)(C)C(C)(C)C)[C@@H]1/C=C/C(F)(F)COc1ccccc1. The van der Waals surface area contributed by atoms with Gasteiger partial charge < -0.3 is 13.9 Å². The van der Waals surface area contributed by atoms with E-state index < -0.39 is 38.8 Å². The van der Waals surface area contributed by atoms with E-state index >= 15 is 0 Å². The van der Waals surface area contributed by atoms with E-state index in [9.17, 15) is 18.4 Å². The summed E-state index contributed by atoms with van der Waals surface area (Å²) in [7, 11) is -2.24. The second-order valence-electron chi connectivity index (χ2n) is 12.1. The van der Waals surface area contributed by atoms with Crippen molar-refractivity contribution >= 4 is 20.1 Å². The maximum atomic E-state index is 14.8. The van der Waals surface area contributed by atoms with Gasteiger partial charge in [-0.15, -0.1) is 0 Å². The molecule has 218 valence electrons. The third-order valence-corrected chi connectivity index (χ3v) is 11.9. The number of unbranched alkanes of at least 4 members (excludes halogenated alkanes) is 1. The summed E-state index contributed by atoms with van der Waals surface area (Å²) in [6, 6.07) is 8.51. The highest BCUT2D eigenvalue weighted by Gasteiger charge is 2.47. The second-order valence-corrected chi connectivity index (χ2v) is 16.9. The fraction of sp³-hybridized carbons (Fsp3) is 0.613. The van der Waals surface area contributed by atoms with Crippen LogP contribution in [0.25, 0.3) is 0 Å². The number of ketones is 1. The molecule has 1 aromatic rings. The summed E-state index contributed by atoms with van der Waals surface area (Å²) in [5.41, 5.74) is 0. The van der Waals surface area contributed by atoms with Gasteiger partial charge in [0.05, 0.1) is 12.2 Å². The highest BCUT2D eigenvalue weighted by atomic mass is 28.4. The van der Waals surface area contributed by atoms with Gasteiger partial charge in [-0.25, -0.2) is 0 Å². The molecule has 0 radical (unpaired) electrons. The van der Waals surface area contributed by atoms with Gasteiger partial charge in [-0.3, -0.25) is 9.59 Å². The Kier molecular flexibility index (Phi) is 12.1. The fourth-order valence-electron chi connectivity index (χ4n) is 4.22. The lowest BCUT2D eigenvalue weighted by atomic mass is 9.90. The topological polar surface area (TPSA) is 61.8 Å². The standard InChI is InChI=1S/C31H46F2O5Si/c1-23(2)37-29(35)18-14-9-8-13-17-25-26(28(21-27(25)34)38-39(6,7)30(3,4)5)19-20-31(32,33)22-36-24-15-11-10-12-16-24/h8,10-13,15-16,19-20,23,25-26,28H,9,14,17-18,21-22H2,1-7H3/b13-8-,20-19+/t25-,26-,28?/m1/s1. The van der Waals surface area contributed by atoms with Crippen molar-refractivity contribution in [2.45, 2.75) is 103 Å². The molecule has 1 aromatic carbocycles. The van der Waals surface area contributed by atoms with Crippen LogP contribution in [0, 0.1) is 11.8 Å². The molecule has 0 aromatic heterocycles. The molecule has 2 rings (SSSR count). The lowest BCUT2D eigenvalue weighted by molar-refractivity contribution is -0.147. The number of carbonyl (C=O) groups excluding carboxylic acids is 2. The highest BCUT2D eigenvalue weighted by Crippen LogP contribution is 2.43. The van der Waals surface area contributed by atoms with Crippen LogP contribution in [0.5, 0.6) is 5.75 Å². The van der Waals surface area contributed by atoms with Crippen molar-refractivity contribution in [1.29, 1.82) is 0 Å². The Labute approximate surface area is 234 Å². The quantitative estimate of drug-likeness (QED) is 0.0994. The summed E-state index contributed by atoms with van der Waals surface area (Å²) >= 11 is 0. The lowest BCUT2D eigenvalue weighted by Crippen LogP contribution is -2.45. The van der Waals surface area contributed by atoms with Crippen molar-refractivity contribution in [1.82, 2.24) is 0 Å². The number of hydrogen-bond acceptors (Lipinski definition) is 5. The molecule has 39 heavy (non-hydrogen) atoms. The molecule has 1 fully saturated rings. The van der Waals surface area contributed by atoms with Gasteiger partial charge in [0.1, 0.15) is 11.5 Å². The first-order valence-corrected chi connectivity index (χ1v) is 16.8. The van der Waals surface area contributed by atoms with Crippen LogP contribution in [-0.2, 0) is 18.8 Å². The zero-order valence-electron chi connectivity index (χ0n) is 24.5. The Bertz CT molecular complexity index is 982. The molecule has 1 saturated carbocycles. The van der Waals surface area contributed by atoms with Crippen molar-refractivity contribution in [2.75, 3.05) is 6.61 Å². The minimum absolute atomic E-state index is 0.0300. The summed E-state index contributed by atoms with van der Waals surface area (Å²) in [4.78, 5) is 24.8. The van der Waals surface area contributed by atoms with E-state index in [1.165, 1.54) is 6.08 Å². The van der Waals surface area contributed by atoms with Crippen molar-refractivity contribution in [3.05, 3.63) is 54.6 Å². The number of benzene rings is 1. The van der Waals surface area contributed by atoms with E-state index in [2.05, 4.69) is 33.9 Å². The normalized spacial score (nSPS) is 20.9. The van der Waals surface area contributed by atoms with Crippen molar-refractivity contribution in [3.8, 4) is 5.75 Å². The van der Waals surface area contributed by atoms with Crippen LogP contribution in [0.15, 0.2) is 54.6 Å². The summed E-state index contributed by atoms with van der Waals surface area (Å²) in [5.74, 6) is -3.92. The van der Waals surface area contributed by atoms with Gasteiger partial charge in [0.15, 0.2) is 14.9 Å². The number of alkyl halides is 2. The molecular weight excluding hydrogens is 518 g/mol. The van der Waals surface area contributed by atoms with Crippen LogP contribution in [0.2, 0.25) is 18.1 Å². The largest absolute Gasteiger partial charge is 0.487 e. The lowest BCUT2D eigenvalue weighted by Gasteiger charge is -2.39. The third kappa shape index (κ3) is 11.0. The van der Waals surface area contributed by atoms with Gasteiger partial charge in [0.25, 0.3) is 5.92 Å². The number of ether oxygens (including phenoxy) is 2. The number of esters is 1. The average Bonchev–Trinajstić information content (AvgIpc) is 3.11. The van der Waals surface area contributed by atoms with E-state index in [1.807, 2.05) is 26.0 Å². The molecular formula is C31H46F2O5Si. The molecule has 0 N–H and O–H groups in total. The molecule has 1 aliphatic rings. The predicted molar refractivity (Wildman–Crippen MR) is 154 cm³/mol. The van der Waals surface area contributed by atoms with E-state index in [1.54, 1.807) is 30.3 Å². The highest BCUT2D eigenvalue weighted by molar-refractivity contribution is 6.74. The van der Waals surface area contributed by atoms with E-state index in [0.29, 0.717) is 31.4 Å². The molecule has 0 bridgehead atoms. The first-order valence-electron chi connectivity index (χ1n) is 13.9. The second kappa shape index (κ2) is 14.4. The number of halogens is 2. The smallest absolute Gasteiger partial charge is 0.306 e. The van der Waals surface area contributed by atoms with Crippen LogP contribution in [0.4, 0.5) is 8.78 Å². The third-order valence-electron chi connectivity index (χ3n) is 7.37. The number of rotatable bonds is 14. The number of allylic oxidation sites excluding steroid dienone is 2. The molecule has 0 aliphatic heterocycles. The average molecular weight is 565 g/mol. The minimum Gasteiger partial charge on any atom is -0.487 e. The van der Waals surface area contributed by atoms with Gasteiger partial charge in [0.2, 0.25) is 0 Å². The maximum Gasteiger partial charge on any atom is 0.306 e. The van der Waals surface area contributed by atoms with Crippen molar-refractivity contribution in [2.24, 2.45) is 11.8 Å². The monoisotopic (exact) mass is 564 g/mol. The van der Waals surface area contributed by atoms with E-state index in [4.69, 9.17) is 13.9 Å². The molecule has 0 spiro atoms.